The maximum atomic E-state index is 12.8. The number of pyridine rings is 1. The van der Waals surface area contributed by atoms with Gasteiger partial charge in [-0.15, -0.1) is 0 Å². The van der Waals surface area contributed by atoms with Crippen molar-refractivity contribution in [1.29, 1.82) is 10.5 Å². The topological polar surface area (TPSA) is 108 Å². The highest BCUT2D eigenvalue weighted by Crippen LogP contribution is 2.23. The monoisotopic (exact) mass is 519 g/mol. The van der Waals surface area contributed by atoms with Crippen LogP contribution in [-0.4, -0.2) is 54.1 Å². The molecule has 8 heteroatoms. The molecular weight excluding hydrogens is 486 g/mol. The summed E-state index contributed by atoms with van der Waals surface area (Å²) in [5, 5.41) is 24.7. The highest BCUT2D eigenvalue weighted by molar-refractivity contribution is 5.92. The van der Waals surface area contributed by atoms with Crippen LogP contribution >= 0.6 is 0 Å². The number of likely N-dealkylation sites (tertiary alicyclic amines) is 1. The highest BCUT2D eigenvalue weighted by Gasteiger charge is 2.22. The summed E-state index contributed by atoms with van der Waals surface area (Å²) in [5.41, 5.74) is 5.09. The summed E-state index contributed by atoms with van der Waals surface area (Å²) < 4.78 is 0. The van der Waals surface area contributed by atoms with Crippen LogP contribution in [0.2, 0.25) is 0 Å². The van der Waals surface area contributed by atoms with Crippen LogP contribution < -0.4 is 15.5 Å². The highest BCUT2D eigenvalue weighted by atomic mass is 16.1. The van der Waals surface area contributed by atoms with Crippen LogP contribution in [0.15, 0.2) is 66.9 Å². The fraction of sp³-hybridized carbons (Fsp3) is 0.355. The molecule has 0 bridgehead atoms. The van der Waals surface area contributed by atoms with E-state index in [1.165, 1.54) is 5.56 Å². The van der Waals surface area contributed by atoms with E-state index in [0.717, 1.165) is 69.8 Å². The first-order valence-corrected chi connectivity index (χ1v) is 13.6. The van der Waals surface area contributed by atoms with Crippen molar-refractivity contribution in [2.24, 2.45) is 0 Å². The van der Waals surface area contributed by atoms with Crippen molar-refractivity contribution in [2.75, 3.05) is 36.4 Å². The largest absolute Gasteiger partial charge is 0.381 e. The van der Waals surface area contributed by atoms with Crippen LogP contribution in [-0.2, 0) is 6.54 Å². The van der Waals surface area contributed by atoms with E-state index in [4.69, 9.17) is 10.5 Å². The number of hydrogen-bond acceptors (Lipinski definition) is 7. The minimum Gasteiger partial charge on any atom is -0.381 e. The van der Waals surface area contributed by atoms with E-state index in [9.17, 15) is 4.79 Å². The summed E-state index contributed by atoms with van der Waals surface area (Å²) in [6, 6.07) is 24.1. The van der Waals surface area contributed by atoms with Gasteiger partial charge < -0.3 is 15.5 Å². The van der Waals surface area contributed by atoms with Gasteiger partial charge in [0.25, 0.3) is 5.91 Å². The molecule has 39 heavy (non-hydrogen) atoms. The Bertz CT molecular complexity index is 1320. The van der Waals surface area contributed by atoms with Crippen molar-refractivity contribution in [3.05, 3.63) is 89.2 Å². The number of rotatable bonds is 7. The molecule has 1 amide bonds. The number of amides is 1. The number of nitrogens with zero attached hydrogens (tertiary/aromatic N) is 5. The van der Waals surface area contributed by atoms with Gasteiger partial charge in [-0.1, -0.05) is 12.1 Å². The van der Waals surface area contributed by atoms with Gasteiger partial charge in [0, 0.05) is 50.5 Å². The Labute approximate surface area is 229 Å². The molecule has 0 atom stereocenters. The number of benzene rings is 2. The number of anilines is 2. The molecule has 2 aromatic carbocycles. The Kier molecular flexibility index (Phi) is 8.36. The van der Waals surface area contributed by atoms with E-state index in [0.29, 0.717) is 22.9 Å². The molecule has 5 rings (SSSR count). The Hall–Kier alpha value is -4.40. The third-order valence-electron chi connectivity index (χ3n) is 7.64. The molecule has 2 aliphatic heterocycles. The number of nitriles is 2. The van der Waals surface area contributed by atoms with E-state index in [1.54, 1.807) is 12.3 Å². The number of aromatic nitrogens is 1. The van der Waals surface area contributed by atoms with Crippen molar-refractivity contribution in [3.8, 4) is 12.1 Å². The lowest BCUT2D eigenvalue weighted by atomic mass is 10.0. The predicted molar refractivity (Wildman–Crippen MR) is 151 cm³/mol. The number of nitrogens with one attached hydrogen (secondary N) is 2. The van der Waals surface area contributed by atoms with Gasteiger partial charge in [-0.05, 0) is 79.8 Å². The molecule has 0 saturated carbocycles. The van der Waals surface area contributed by atoms with Crippen LogP contribution in [0.25, 0.3) is 0 Å². The molecule has 3 heterocycles. The summed E-state index contributed by atoms with van der Waals surface area (Å²) in [5.74, 6) is -0.122. The quantitative estimate of drug-likeness (QED) is 0.479. The molecular formula is C31H33N7O. The summed E-state index contributed by atoms with van der Waals surface area (Å²) >= 11 is 0. The molecule has 3 aromatic rings. The molecule has 1 aromatic heterocycles. The SMILES string of the molecule is N#Cc1ccc(CN2CCC(NC(=O)c3ccc(NC4CCN(c5ccc(C#N)cc5)CC4)cn3)CC2)cc1. The normalized spacial score (nSPS) is 16.7. The smallest absolute Gasteiger partial charge is 0.270 e. The third kappa shape index (κ3) is 6.93. The number of piperidine rings is 2. The second-order valence-corrected chi connectivity index (χ2v) is 10.3. The summed E-state index contributed by atoms with van der Waals surface area (Å²) in [6.07, 6.45) is 5.58. The van der Waals surface area contributed by atoms with Gasteiger partial charge in [0.05, 0.1) is 35.1 Å². The average Bonchev–Trinajstić information content (AvgIpc) is 2.99. The second kappa shape index (κ2) is 12.4. The van der Waals surface area contributed by atoms with E-state index < -0.39 is 0 Å². The number of carbonyl (C=O) groups excluding carboxylic acids is 1. The van der Waals surface area contributed by atoms with E-state index in [1.807, 2.05) is 54.6 Å². The zero-order valence-electron chi connectivity index (χ0n) is 22.0. The van der Waals surface area contributed by atoms with E-state index >= 15 is 0 Å². The van der Waals surface area contributed by atoms with Crippen molar-refractivity contribution < 1.29 is 4.79 Å². The van der Waals surface area contributed by atoms with Gasteiger partial charge in [-0.3, -0.25) is 9.69 Å². The van der Waals surface area contributed by atoms with Crippen molar-refractivity contribution >= 4 is 17.3 Å². The lowest BCUT2D eigenvalue weighted by Gasteiger charge is -2.34. The van der Waals surface area contributed by atoms with Gasteiger partial charge >= 0.3 is 0 Å². The average molecular weight is 520 g/mol. The summed E-state index contributed by atoms with van der Waals surface area (Å²) in [7, 11) is 0. The van der Waals surface area contributed by atoms with Crippen LogP contribution in [0.3, 0.4) is 0 Å². The molecule has 8 nitrogen and oxygen atoms in total. The van der Waals surface area contributed by atoms with E-state index in [2.05, 4.69) is 37.6 Å². The molecule has 2 aliphatic rings. The van der Waals surface area contributed by atoms with Gasteiger partial charge in [0.1, 0.15) is 5.69 Å². The first kappa shape index (κ1) is 26.2. The van der Waals surface area contributed by atoms with Crippen LogP contribution in [0.5, 0.6) is 0 Å². The molecule has 2 saturated heterocycles. The fourth-order valence-electron chi connectivity index (χ4n) is 5.32. The van der Waals surface area contributed by atoms with E-state index in [-0.39, 0.29) is 11.9 Å². The Morgan fingerprint density at radius 3 is 2.03 bits per heavy atom. The lowest BCUT2D eigenvalue weighted by Crippen LogP contribution is -2.44. The molecule has 2 fully saturated rings. The Morgan fingerprint density at radius 1 is 0.821 bits per heavy atom. The maximum absolute atomic E-state index is 12.8. The van der Waals surface area contributed by atoms with Crippen LogP contribution in [0, 0.1) is 22.7 Å². The predicted octanol–water partition coefficient (Wildman–Crippen LogP) is 4.30. The lowest BCUT2D eigenvalue weighted by molar-refractivity contribution is 0.0904. The maximum Gasteiger partial charge on any atom is 0.270 e. The Morgan fingerprint density at radius 2 is 1.44 bits per heavy atom. The third-order valence-corrected chi connectivity index (χ3v) is 7.64. The number of hydrogen-bond donors (Lipinski definition) is 2. The van der Waals surface area contributed by atoms with Crippen molar-refractivity contribution in [2.45, 2.75) is 44.3 Å². The number of carbonyl (C=O) groups is 1. The first-order chi connectivity index (χ1) is 19.1. The van der Waals surface area contributed by atoms with Crippen LogP contribution in [0.1, 0.15) is 52.9 Å². The fourth-order valence-corrected chi connectivity index (χ4v) is 5.32. The van der Waals surface area contributed by atoms with Crippen molar-refractivity contribution in [1.82, 2.24) is 15.2 Å². The molecule has 198 valence electrons. The van der Waals surface area contributed by atoms with Gasteiger partial charge in [0.2, 0.25) is 0 Å². The van der Waals surface area contributed by atoms with Gasteiger partial charge in [0.15, 0.2) is 0 Å². The van der Waals surface area contributed by atoms with Crippen molar-refractivity contribution in [3.63, 3.8) is 0 Å². The summed E-state index contributed by atoms with van der Waals surface area (Å²) in [6.45, 7) is 4.60. The molecule has 0 aliphatic carbocycles. The van der Waals surface area contributed by atoms with Gasteiger partial charge in [-0.25, -0.2) is 4.98 Å². The minimum atomic E-state index is -0.122. The summed E-state index contributed by atoms with van der Waals surface area (Å²) in [4.78, 5) is 22.0. The Balaban J connectivity index is 1.04. The van der Waals surface area contributed by atoms with Gasteiger partial charge in [-0.2, -0.15) is 10.5 Å². The zero-order valence-corrected chi connectivity index (χ0v) is 22.0. The second-order valence-electron chi connectivity index (χ2n) is 10.3. The first-order valence-electron chi connectivity index (χ1n) is 13.6. The zero-order chi connectivity index (χ0) is 27.0. The molecule has 0 spiro atoms. The standard InChI is InChI=1S/C31H33N7O/c32-19-23-1-3-25(4-2-23)22-37-15-11-27(12-16-37)36-31(39)30-10-7-28(21-34-30)35-26-13-17-38(18-14-26)29-8-5-24(20-33)6-9-29/h1-10,21,26-27,35H,11-18,22H2,(H,36,39). The molecule has 0 unspecified atom stereocenters. The molecule has 2 N–H and O–H groups in total. The molecule has 0 radical (unpaired) electrons. The minimum absolute atomic E-state index is 0.122. The van der Waals surface area contributed by atoms with Crippen LogP contribution in [0.4, 0.5) is 11.4 Å².